The van der Waals surface area contributed by atoms with Crippen LogP contribution in [0.2, 0.25) is 0 Å². The lowest BCUT2D eigenvalue weighted by atomic mass is 10.0. The van der Waals surface area contributed by atoms with Gasteiger partial charge in [0.05, 0.1) is 22.6 Å². The SMILES string of the molecule is Cc1[nH]c(-c2ccccn2)c(-c2ccccn2)c1C(=O)O. The highest BCUT2D eigenvalue weighted by Gasteiger charge is 2.23. The smallest absolute Gasteiger partial charge is 0.338 e. The van der Waals surface area contributed by atoms with E-state index in [4.69, 9.17) is 0 Å². The Morgan fingerprint density at radius 1 is 1.05 bits per heavy atom. The summed E-state index contributed by atoms with van der Waals surface area (Å²) in [5.41, 5.74) is 3.36. The van der Waals surface area contributed by atoms with Gasteiger partial charge in [0.2, 0.25) is 0 Å². The molecule has 0 radical (unpaired) electrons. The van der Waals surface area contributed by atoms with Gasteiger partial charge >= 0.3 is 5.97 Å². The monoisotopic (exact) mass is 279 g/mol. The van der Waals surface area contributed by atoms with Crippen LogP contribution in [-0.4, -0.2) is 26.0 Å². The molecule has 5 heteroatoms. The lowest BCUT2D eigenvalue weighted by Gasteiger charge is -2.04. The summed E-state index contributed by atoms with van der Waals surface area (Å²) in [6, 6.07) is 10.9. The van der Waals surface area contributed by atoms with E-state index in [0.29, 0.717) is 28.3 Å². The highest BCUT2D eigenvalue weighted by atomic mass is 16.4. The minimum atomic E-state index is -0.980. The van der Waals surface area contributed by atoms with Crippen molar-refractivity contribution in [2.24, 2.45) is 0 Å². The molecular formula is C16H13N3O2. The van der Waals surface area contributed by atoms with Crippen LogP contribution in [0.4, 0.5) is 0 Å². The second-order valence-corrected chi connectivity index (χ2v) is 4.61. The van der Waals surface area contributed by atoms with Gasteiger partial charge in [-0.15, -0.1) is 0 Å². The van der Waals surface area contributed by atoms with E-state index in [1.807, 2.05) is 24.3 Å². The number of aryl methyl sites for hydroxylation is 1. The zero-order valence-corrected chi connectivity index (χ0v) is 11.4. The molecule has 0 unspecified atom stereocenters. The molecule has 3 heterocycles. The first kappa shape index (κ1) is 13.1. The van der Waals surface area contributed by atoms with Crippen molar-refractivity contribution in [1.82, 2.24) is 15.0 Å². The van der Waals surface area contributed by atoms with E-state index in [1.165, 1.54) is 0 Å². The number of nitrogens with zero attached hydrogens (tertiary/aromatic N) is 2. The molecule has 0 atom stereocenters. The molecule has 0 spiro atoms. The van der Waals surface area contributed by atoms with Gasteiger partial charge < -0.3 is 10.1 Å². The summed E-state index contributed by atoms with van der Waals surface area (Å²) in [6.45, 7) is 1.74. The Morgan fingerprint density at radius 3 is 2.19 bits per heavy atom. The van der Waals surface area contributed by atoms with Crippen molar-refractivity contribution < 1.29 is 9.90 Å². The standard InChI is InChI=1S/C16H13N3O2/c1-10-13(16(20)21)14(11-6-2-4-8-17-11)15(19-10)12-7-3-5-9-18-12/h2-9,19H,1H3,(H,20,21). The first-order chi connectivity index (χ1) is 10.2. The molecule has 3 rings (SSSR count). The Balaban J connectivity index is 2.32. The molecule has 0 aliphatic carbocycles. The van der Waals surface area contributed by atoms with Gasteiger partial charge in [0.15, 0.2) is 0 Å². The lowest BCUT2D eigenvalue weighted by Crippen LogP contribution is -2.00. The highest BCUT2D eigenvalue weighted by molar-refractivity contribution is 6.01. The summed E-state index contributed by atoms with van der Waals surface area (Å²) in [4.78, 5) is 23.3. The number of rotatable bonds is 3. The normalized spacial score (nSPS) is 10.5. The minimum Gasteiger partial charge on any atom is -0.478 e. The number of pyridine rings is 2. The number of H-pyrrole nitrogens is 1. The molecule has 3 aromatic rings. The fraction of sp³-hybridized carbons (Fsp3) is 0.0625. The maximum atomic E-state index is 11.6. The average molecular weight is 279 g/mol. The maximum Gasteiger partial charge on any atom is 0.338 e. The van der Waals surface area contributed by atoms with E-state index in [2.05, 4.69) is 15.0 Å². The first-order valence-corrected chi connectivity index (χ1v) is 6.47. The summed E-state index contributed by atoms with van der Waals surface area (Å²) >= 11 is 0. The number of nitrogens with one attached hydrogen (secondary N) is 1. The van der Waals surface area contributed by atoms with E-state index in [9.17, 15) is 9.90 Å². The predicted octanol–water partition coefficient (Wildman–Crippen LogP) is 3.15. The zero-order valence-electron chi connectivity index (χ0n) is 11.4. The van der Waals surface area contributed by atoms with Crippen LogP contribution in [0.3, 0.4) is 0 Å². The largest absolute Gasteiger partial charge is 0.478 e. The van der Waals surface area contributed by atoms with Crippen LogP contribution in [0.5, 0.6) is 0 Å². The third kappa shape index (κ3) is 2.29. The number of hydrogen-bond donors (Lipinski definition) is 2. The molecule has 0 saturated heterocycles. The molecule has 0 aromatic carbocycles. The molecule has 0 bridgehead atoms. The van der Waals surface area contributed by atoms with Crippen LogP contribution in [0.1, 0.15) is 16.1 Å². The van der Waals surface area contributed by atoms with Crippen LogP contribution in [0.15, 0.2) is 48.8 Å². The Hall–Kier alpha value is -2.95. The molecular weight excluding hydrogens is 266 g/mol. The third-order valence-corrected chi connectivity index (χ3v) is 3.24. The quantitative estimate of drug-likeness (QED) is 0.772. The van der Waals surface area contributed by atoms with Crippen LogP contribution >= 0.6 is 0 Å². The second-order valence-electron chi connectivity index (χ2n) is 4.61. The molecule has 0 aliphatic heterocycles. The fourth-order valence-corrected chi connectivity index (χ4v) is 2.36. The van der Waals surface area contributed by atoms with E-state index >= 15 is 0 Å². The summed E-state index contributed by atoms with van der Waals surface area (Å²) in [6.07, 6.45) is 3.32. The second kappa shape index (κ2) is 5.20. The van der Waals surface area contributed by atoms with Crippen molar-refractivity contribution in [1.29, 1.82) is 0 Å². The number of carboxylic acid groups (broad SMARTS) is 1. The average Bonchev–Trinajstić information content (AvgIpc) is 2.86. The third-order valence-electron chi connectivity index (χ3n) is 3.24. The number of carbonyl (C=O) groups is 1. The van der Waals surface area contributed by atoms with Crippen molar-refractivity contribution >= 4 is 5.97 Å². The molecule has 3 aromatic heterocycles. The number of aromatic carboxylic acids is 1. The Morgan fingerprint density at radius 2 is 1.67 bits per heavy atom. The van der Waals surface area contributed by atoms with Gasteiger partial charge in [0.1, 0.15) is 0 Å². The molecule has 0 aliphatic rings. The van der Waals surface area contributed by atoms with Crippen LogP contribution < -0.4 is 0 Å². The van der Waals surface area contributed by atoms with Gasteiger partial charge in [-0.25, -0.2) is 4.79 Å². The van der Waals surface area contributed by atoms with E-state index in [-0.39, 0.29) is 5.56 Å². The highest BCUT2D eigenvalue weighted by Crippen LogP contribution is 2.34. The minimum absolute atomic E-state index is 0.231. The van der Waals surface area contributed by atoms with E-state index in [0.717, 1.165) is 0 Å². The molecule has 2 N–H and O–H groups in total. The van der Waals surface area contributed by atoms with Crippen molar-refractivity contribution in [2.75, 3.05) is 0 Å². The van der Waals surface area contributed by atoms with Crippen molar-refractivity contribution in [3.63, 3.8) is 0 Å². The Bertz CT molecular complexity index is 780. The number of hydrogen-bond acceptors (Lipinski definition) is 3. The fourth-order valence-electron chi connectivity index (χ4n) is 2.36. The van der Waals surface area contributed by atoms with E-state index in [1.54, 1.807) is 31.5 Å². The molecule has 21 heavy (non-hydrogen) atoms. The van der Waals surface area contributed by atoms with Gasteiger partial charge in [0, 0.05) is 23.7 Å². The van der Waals surface area contributed by atoms with Gasteiger partial charge in [-0.3, -0.25) is 9.97 Å². The summed E-state index contributed by atoms with van der Waals surface area (Å²) in [5.74, 6) is -0.980. The van der Waals surface area contributed by atoms with Crippen molar-refractivity contribution in [2.45, 2.75) is 6.92 Å². The topological polar surface area (TPSA) is 78.9 Å². The van der Waals surface area contributed by atoms with E-state index < -0.39 is 5.97 Å². The summed E-state index contributed by atoms with van der Waals surface area (Å²) in [5, 5.41) is 9.50. The molecule has 0 fully saturated rings. The molecule has 0 saturated carbocycles. The summed E-state index contributed by atoms with van der Waals surface area (Å²) in [7, 11) is 0. The lowest BCUT2D eigenvalue weighted by molar-refractivity contribution is 0.0697. The molecule has 0 amide bonds. The van der Waals surface area contributed by atoms with Crippen LogP contribution in [0, 0.1) is 6.92 Å². The van der Waals surface area contributed by atoms with Gasteiger partial charge in [-0.1, -0.05) is 12.1 Å². The molecule has 104 valence electrons. The number of aromatic nitrogens is 3. The van der Waals surface area contributed by atoms with Gasteiger partial charge in [0.25, 0.3) is 0 Å². The predicted molar refractivity (Wildman–Crippen MR) is 79.0 cm³/mol. The Labute approximate surface area is 121 Å². The maximum absolute atomic E-state index is 11.6. The van der Waals surface area contributed by atoms with Gasteiger partial charge in [-0.05, 0) is 31.2 Å². The Kier molecular flexibility index (Phi) is 3.23. The molecule has 5 nitrogen and oxygen atoms in total. The summed E-state index contributed by atoms with van der Waals surface area (Å²) < 4.78 is 0. The van der Waals surface area contributed by atoms with Crippen LogP contribution in [0.25, 0.3) is 22.6 Å². The van der Waals surface area contributed by atoms with Crippen LogP contribution in [-0.2, 0) is 0 Å². The van der Waals surface area contributed by atoms with Crippen molar-refractivity contribution in [3.05, 3.63) is 60.0 Å². The van der Waals surface area contributed by atoms with Crippen molar-refractivity contribution in [3.8, 4) is 22.6 Å². The number of aromatic amines is 1. The van der Waals surface area contributed by atoms with Gasteiger partial charge in [-0.2, -0.15) is 0 Å². The number of carboxylic acids is 1. The zero-order chi connectivity index (χ0) is 14.8. The first-order valence-electron chi connectivity index (χ1n) is 6.47.